The highest BCUT2D eigenvalue weighted by atomic mass is 32.1. The van der Waals surface area contributed by atoms with Gasteiger partial charge in [-0.15, -0.1) is 11.3 Å². The van der Waals surface area contributed by atoms with Crippen LogP contribution in [0.1, 0.15) is 39.9 Å². The molecule has 1 atom stereocenters. The second kappa shape index (κ2) is 5.14. The zero-order chi connectivity index (χ0) is 12.4. The zero-order valence-corrected chi connectivity index (χ0v) is 11.4. The van der Waals surface area contributed by atoms with Gasteiger partial charge in [0.05, 0.1) is 15.9 Å². The number of hydrogen-bond donors (Lipinski definition) is 2. The molecule has 0 fully saturated rings. The van der Waals surface area contributed by atoms with Gasteiger partial charge in [0.2, 0.25) is 0 Å². The highest BCUT2D eigenvalue weighted by Crippen LogP contribution is 2.29. The summed E-state index contributed by atoms with van der Waals surface area (Å²) in [6.07, 6.45) is 4.67. The van der Waals surface area contributed by atoms with Crippen molar-refractivity contribution >= 4 is 34.5 Å². The molecule has 17 heavy (non-hydrogen) atoms. The van der Waals surface area contributed by atoms with Crippen molar-refractivity contribution in [3.63, 3.8) is 0 Å². The fourth-order valence-electron chi connectivity index (χ4n) is 1.94. The molecule has 1 heterocycles. The number of fused-ring (bicyclic) bond motifs is 1. The first-order valence-electron chi connectivity index (χ1n) is 5.79. The normalized spacial score (nSPS) is 16.1. The van der Waals surface area contributed by atoms with Crippen LogP contribution in [-0.2, 0) is 12.8 Å². The number of thiophene rings is 1. The van der Waals surface area contributed by atoms with Crippen LogP contribution in [0.15, 0.2) is 6.07 Å². The first-order valence-corrected chi connectivity index (χ1v) is 7.02. The summed E-state index contributed by atoms with van der Waals surface area (Å²) in [6.45, 7) is 1.80. The predicted molar refractivity (Wildman–Crippen MR) is 74.7 cm³/mol. The second-order valence-electron chi connectivity index (χ2n) is 4.36. The highest BCUT2D eigenvalue weighted by Gasteiger charge is 2.18. The molecule has 3 N–H and O–H groups in total. The van der Waals surface area contributed by atoms with Crippen LogP contribution in [0.25, 0.3) is 0 Å². The van der Waals surface area contributed by atoms with Crippen molar-refractivity contribution in [1.29, 1.82) is 0 Å². The minimum absolute atomic E-state index is 0.0651. The average Bonchev–Trinajstić information content (AvgIpc) is 2.72. The molecule has 1 amide bonds. The molecule has 0 spiro atoms. The monoisotopic (exact) mass is 268 g/mol. The van der Waals surface area contributed by atoms with E-state index in [0.717, 1.165) is 17.7 Å². The fraction of sp³-hybridized carbons (Fsp3) is 0.500. The lowest BCUT2D eigenvalue weighted by Crippen LogP contribution is -2.40. The summed E-state index contributed by atoms with van der Waals surface area (Å²) < 4.78 is 0. The molecule has 5 heteroatoms. The third-order valence-corrected chi connectivity index (χ3v) is 4.58. The maximum absolute atomic E-state index is 12.0. The second-order valence-corrected chi connectivity index (χ2v) is 5.97. The lowest BCUT2D eigenvalue weighted by atomic mass is 9.99. The van der Waals surface area contributed by atoms with E-state index in [1.54, 1.807) is 18.3 Å². The van der Waals surface area contributed by atoms with Crippen molar-refractivity contribution in [3.8, 4) is 0 Å². The highest BCUT2D eigenvalue weighted by molar-refractivity contribution is 7.80. The molecule has 0 aliphatic heterocycles. The smallest absolute Gasteiger partial charge is 0.261 e. The van der Waals surface area contributed by atoms with Crippen LogP contribution in [0.4, 0.5) is 0 Å². The SMILES string of the molecule is CC(NC(=O)c1cc2c(s1)CCCC2)C(N)=S. The van der Waals surface area contributed by atoms with Gasteiger partial charge < -0.3 is 11.1 Å². The minimum atomic E-state index is -0.253. The third-order valence-electron chi connectivity index (χ3n) is 2.99. The van der Waals surface area contributed by atoms with Crippen LogP contribution in [0.2, 0.25) is 0 Å². The van der Waals surface area contributed by atoms with Gasteiger partial charge in [0.15, 0.2) is 0 Å². The number of rotatable bonds is 3. The number of amides is 1. The average molecular weight is 268 g/mol. The first kappa shape index (κ1) is 12.5. The number of thiocarbonyl (C=S) groups is 1. The van der Waals surface area contributed by atoms with Crippen molar-refractivity contribution in [3.05, 3.63) is 21.4 Å². The molecule has 0 bridgehead atoms. The largest absolute Gasteiger partial charge is 0.392 e. The molecule has 3 nitrogen and oxygen atoms in total. The van der Waals surface area contributed by atoms with E-state index in [1.165, 1.54) is 23.3 Å². The number of hydrogen-bond acceptors (Lipinski definition) is 3. The van der Waals surface area contributed by atoms with Crippen molar-refractivity contribution < 1.29 is 4.79 Å². The van der Waals surface area contributed by atoms with Gasteiger partial charge in [0.1, 0.15) is 0 Å². The summed E-state index contributed by atoms with van der Waals surface area (Å²) >= 11 is 6.44. The van der Waals surface area contributed by atoms with Gasteiger partial charge >= 0.3 is 0 Å². The van der Waals surface area contributed by atoms with Crippen LogP contribution in [0, 0.1) is 0 Å². The van der Waals surface area contributed by atoms with Gasteiger partial charge in [0, 0.05) is 4.88 Å². The molecule has 92 valence electrons. The van der Waals surface area contributed by atoms with E-state index < -0.39 is 0 Å². The lowest BCUT2D eigenvalue weighted by Gasteiger charge is -2.10. The van der Waals surface area contributed by atoms with Crippen molar-refractivity contribution in [2.45, 2.75) is 38.6 Å². The molecule has 0 saturated carbocycles. The van der Waals surface area contributed by atoms with Crippen molar-refractivity contribution in [2.75, 3.05) is 0 Å². The van der Waals surface area contributed by atoms with E-state index in [9.17, 15) is 4.79 Å². The standard InChI is InChI=1S/C12H16N2OS2/c1-7(11(13)16)14-12(15)10-6-8-4-2-3-5-9(8)17-10/h6-7H,2-5H2,1H3,(H2,13,16)(H,14,15). The van der Waals surface area contributed by atoms with Crippen molar-refractivity contribution in [2.24, 2.45) is 5.73 Å². The fourth-order valence-corrected chi connectivity index (χ4v) is 3.16. The molecule has 1 unspecified atom stereocenters. The first-order chi connectivity index (χ1) is 8.08. The Bertz CT molecular complexity index is 430. The van der Waals surface area contributed by atoms with E-state index in [4.69, 9.17) is 18.0 Å². The van der Waals surface area contributed by atoms with Crippen LogP contribution in [0.3, 0.4) is 0 Å². The van der Waals surface area contributed by atoms with Crippen LogP contribution in [0.5, 0.6) is 0 Å². The number of nitrogens with one attached hydrogen (secondary N) is 1. The van der Waals surface area contributed by atoms with Crippen molar-refractivity contribution in [1.82, 2.24) is 5.32 Å². The van der Waals surface area contributed by atoms with Gasteiger partial charge in [-0.05, 0) is 44.2 Å². The molecular weight excluding hydrogens is 252 g/mol. The van der Waals surface area contributed by atoms with E-state index in [2.05, 4.69) is 5.32 Å². The minimum Gasteiger partial charge on any atom is -0.392 e. The maximum Gasteiger partial charge on any atom is 0.261 e. The number of nitrogens with two attached hydrogens (primary N) is 1. The molecule has 2 rings (SSSR count). The van der Waals surface area contributed by atoms with Crippen LogP contribution < -0.4 is 11.1 Å². The van der Waals surface area contributed by atoms with Gasteiger partial charge in [-0.3, -0.25) is 4.79 Å². The van der Waals surface area contributed by atoms with E-state index in [1.807, 2.05) is 6.07 Å². The van der Waals surface area contributed by atoms with E-state index in [0.29, 0.717) is 4.99 Å². The number of carbonyl (C=O) groups excluding carboxylic acids is 1. The summed E-state index contributed by atoms with van der Waals surface area (Å²) in [6, 6.07) is 1.76. The number of carbonyl (C=O) groups is 1. The topological polar surface area (TPSA) is 55.1 Å². The lowest BCUT2D eigenvalue weighted by molar-refractivity contribution is 0.0953. The molecule has 0 saturated heterocycles. The van der Waals surface area contributed by atoms with Crippen LogP contribution in [-0.4, -0.2) is 16.9 Å². The molecule has 1 aromatic rings. The Morgan fingerprint density at radius 1 is 1.53 bits per heavy atom. The van der Waals surface area contributed by atoms with Gasteiger partial charge in [-0.1, -0.05) is 12.2 Å². The van der Waals surface area contributed by atoms with Gasteiger partial charge in [0.25, 0.3) is 5.91 Å². The summed E-state index contributed by atoms with van der Waals surface area (Å²) in [5.74, 6) is -0.0651. The summed E-state index contributed by atoms with van der Waals surface area (Å²) in [5, 5.41) is 2.81. The molecule has 1 aliphatic carbocycles. The third kappa shape index (κ3) is 2.84. The predicted octanol–water partition coefficient (Wildman–Crippen LogP) is 2.03. The summed E-state index contributed by atoms with van der Waals surface area (Å²) in [7, 11) is 0. The molecule has 1 aliphatic rings. The Kier molecular flexibility index (Phi) is 3.79. The zero-order valence-electron chi connectivity index (χ0n) is 9.79. The van der Waals surface area contributed by atoms with Gasteiger partial charge in [-0.2, -0.15) is 0 Å². The molecule has 1 aromatic heterocycles. The Morgan fingerprint density at radius 2 is 2.24 bits per heavy atom. The summed E-state index contributed by atoms with van der Waals surface area (Å²) in [5.41, 5.74) is 6.82. The Balaban J connectivity index is 2.09. The van der Waals surface area contributed by atoms with Crippen LogP contribution >= 0.6 is 23.6 Å². The molecule has 0 radical (unpaired) electrons. The quantitative estimate of drug-likeness (QED) is 0.825. The van der Waals surface area contributed by atoms with E-state index >= 15 is 0 Å². The number of aryl methyl sites for hydroxylation is 2. The maximum atomic E-state index is 12.0. The Morgan fingerprint density at radius 3 is 2.88 bits per heavy atom. The Labute approximate surface area is 110 Å². The molecular formula is C12H16N2OS2. The van der Waals surface area contributed by atoms with E-state index in [-0.39, 0.29) is 11.9 Å². The van der Waals surface area contributed by atoms with Gasteiger partial charge in [-0.25, -0.2) is 0 Å². The summed E-state index contributed by atoms with van der Waals surface area (Å²) in [4.78, 5) is 14.4. The Hall–Kier alpha value is -0.940. The molecule has 0 aromatic carbocycles.